The smallest absolute Gasteiger partial charge is 0.265 e. The van der Waals surface area contributed by atoms with Gasteiger partial charge in [0.05, 0.1) is 5.69 Å². The molecule has 1 saturated heterocycles. The minimum absolute atomic E-state index is 0.0335. The second-order valence-corrected chi connectivity index (χ2v) is 7.96. The number of hydrogen-bond acceptors (Lipinski definition) is 6. The molecular formula is C18H23BrN4O2S. The number of aromatic nitrogens is 2. The minimum Gasteiger partial charge on any atom is -0.492 e. The van der Waals surface area contributed by atoms with E-state index >= 15 is 0 Å². The zero-order chi connectivity index (χ0) is 18.4. The lowest BCUT2D eigenvalue weighted by atomic mass is 10.0. The molecule has 8 heteroatoms. The molecule has 140 valence electrons. The predicted molar refractivity (Wildman–Crippen MR) is 106 cm³/mol. The highest BCUT2D eigenvalue weighted by Gasteiger charge is 2.23. The van der Waals surface area contributed by atoms with Crippen molar-refractivity contribution >= 4 is 33.4 Å². The molecule has 2 aromatic rings. The van der Waals surface area contributed by atoms with E-state index in [0.29, 0.717) is 11.5 Å². The summed E-state index contributed by atoms with van der Waals surface area (Å²) in [4.78, 5) is 15.4. The average molecular weight is 439 g/mol. The van der Waals surface area contributed by atoms with Crippen LogP contribution in [0, 0.1) is 0 Å². The third-order valence-electron chi connectivity index (χ3n) is 4.51. The van der Waals surface area contributed by atoms with E-state index in [9.17, 15) is 4.79 Å². The maximum absolute atomic E-state index is 12.4. The number of benzene rings is 1. The standard InChI is InChI=1S/C18H23BrN4O2S/c1-2-16-17(26-22-21-16)18(24)20-14-7-9-23(10-8-14)11-12-25-15-5-3-13(19)4-6-15/h3-6,14H,2,7-12H2,1H3,(H,20,24). The molecule has 0 bridgehead atoms. The van der Waals surface area contributed by atoms with Gasteiger partial charge in [-0.25, -0.2) is 0 Å². The predicted octanol–water partition coefficient (Wildman–Crippen LogP) is 3.14. The van der Waals surface area contributed by atoms with Crippen LogP contribution in [0.4, 0.5) is 0 Å². The topological polar surface area (TPSA) is 67.4 Å². The summed E-state index contributed by atoms with van der Waals surface area (Å²) in [5.41, 5.74) is 0.787. The van der Waals surface area contributed by atoms with Crippen molar-refractivity contribution in [2.45, 2.75) is 32.2 Å². The summed E-state index contributed by atoms with van der Waals surface area (Å²) < 4.78 is 10.7. The van der Waals surface area contributed by atoms with Crippen molar-refractivity contribution in [2.24, 2.45) is 0 Å². The van der Waals surface area contributed by atoms with Crippen LogP contribution in [0.2, 0.25) is 0 Å². The van der Waals surface area contributed by atoms with Crippen LogP contribution in [-0.4, -0.2) is 52.7 Å². The van der Waals surface area contributed by atoms with Gasteiger partial charge in [-0.1, -0.05) is 27.3 Å². The van der Waals surface area contributed by atoms with Crippen molar-refractivity contribution < 1.29 is 9.53 Å². The Hall–Kier alpha value is -1.51. The Balaban J connectivity index is 1.37. The van der Waals surface area contributed by atoms with Gasteiger partial charge in [0, 0.05) is 30.1 Å². The fourth-order valence-corrected chi connectivity index (χ4v) is 3.91. The Bertz CT molecular complexity index is 714. The van der Waals surface area contributed by atoms with E-state index in [1.807, 2.05) is 31.2 Å². The molecule has 1 aromatic carbocycles. The number of aryl methyl sites for hydroxylation is 1. The lowest BCUT2D eigenvalue weighted by Crippen LogP contribution is -2.45. The van der Waals surface area contributed by atoms with E-state index in [1.165, 1.54) is 11.5 Å². The van der Waals surface area contributed by atoms with Crippen molar-refractivity contribution in [2.75, 3.05) is 26.2 Å². The van der Waals surface area contributed by atoms with Crippen LogP contribution in [0.25, 0.3) is 0 Å². The number of carbonyl (C=O) groups excluding carboxylic acids is 1. The van der Waals surface area contributed by atoms with Gasteiger partial charge < -0.3 is 10.1 Å². The number of nitrogens with one attached hydrogen (secondary N) is 1. The molecule has 1 aliphatic rings. The first kappa shape index (κ1) is 19.3. The molecule has 1 amide bonds. The van der Waals surface area contributed by atoms with E-state index in [-0.39, 0.29) is 11.9 Å². The maximum Gasteiger partial charge on any atom is 0.265 e. The minimum atomic E-state index is -0.0335. The van der Waals surface area contributed by atoms with Gasteiger partial charge in [0.15, 0.2) is 0 Å². The summed E-state index contributed by atoms with van der Waals surface area (Å²) in [6, 6.07) is 8.10. The van der Waals surface area contributed by atoms with Crippen LogP contribution in [0.15, 0.2) is 28.7 Å². The van der Waals surface area contributed by atoms with E-state index < -0.39 is 0 Å². The largest absolute Gasteiger partial charge is 0.492 e. The number of nitrogens with zero attached hydrogens (tertiary/aromatic N) is 3. The number of amides is 1. The molecule has 1 aliphatic heterocycles. The zero-order valence-electron chi connectivity index (χ0n) is 14.8. The number of ether oxygens (including phenoxy) is 1. The first-order chi connectivity index (χ1) is 12.7. The number of carbonyl (C=O) groups is 1. The Labute approximate surface area is 166 Å². The Morgan fingerprint density at radius 3 is 2.77 bits per heavy atom. The normalized spacial score (nSPS) is 15.8. The molecule has 26 heavy (non-hydrogen) atoms. The van der Waals surface area contributed by atoms with Crippen molar-refractivity contribution in [1.82, 2.24) is 19.8 Å². The van der Waals surface area contributed by atoms with Crippen molar-refractivity contribution in [3.8, 4) is 5.75 Å². The number of hydrogen-bond donors (Lipinski definition) is 1. The number of likely N-dealkylation sites (tertiary alicyclic amines) is 1. The van der Waals surface area contributed by atoms with Crippen LogP contribution in [0.3, 0.4) is 0 Å². The third kappa shape index (κ3) is 5.25. The number of piperidine rings is 1. The summed E-state index contributed by atoms with van der Waals surface area (Å²) in [6.45, 7) is 5.50. The first-order valence-corrected chi connectivity index (χ1v) is 10.4. The van der Waals surface area contributed by atoms with Gasteiger partial charge in [-0.3, -0.25) is 9.69 Å². The molecule has 2 heterocycles. The Morgan fingerprint density at radius 1 is 1.35 bits per heavy atom. The van der Waals surface area contributed by atoms with Crippen molar-refractivity contribution in [1.29, 1.82) is 0 Å². The second-order valence-electron chi connectivity index (χ2n) is 6.29. The van der Waals surface area contributed by atoms with E-state index in [2.05, 4.69) is 35.7 Å². The van der Waals surface area contributed by atoms with E-state index in [1.54, 1.807) is 0 Å². The molecule has 6 nitrogen and oxygen atoms in total. The fourth-order valence-electron chi connectivity index (χ4n) is 2.99. The van der Waals surface area contributed by atoms with Gasteiger partial charge in [0.2, 0.25) is 0 Å². The molecule has 0 aliphatic carbocycles. The summed E-state index contributed by atoms with van der Waals surface area (Å²) in [6.07, 6.45) is 2.64. The summed E-state index contributed by atoms with van der Waals surface area (Å²) >= 11 is 4.60. The second kappa shape index (κ2) is 9.43. The molecule has 0 radical (unpaired) electrons. The first-order valence-electron chi connectivity index (χ1n) is 8.88. The summed E-state index contributed by atoms with van der Waals surface area (Å²) in [5, 5.41) is 7.14. The van der Waals surface area contributed by atoms with Gasteiger partial charge in [0.1, 0.15) is 17.2 Å². The van der Waals surface area contributed by atoms with Gasteiger partial charge >= 0.3 is 0 Å². The van der Waals surface area contributed by atoms with Gasteiger partial charge in [-0.15, -0.1) is 5.10 Å². The van der Waals surface area contributed by atoms with Gasteiger partial charge in [-0.05, 0) is 55.1 Å². The molecule has 1 fully saturated rings. The fraction of sp³-hybridized carbons (Fsp3) is 0.500. The molecular weight excluding hydrogens is 416 g/mol. The molecule has 0 unspecified atom stereocenters. The monoisotopic (exact) mass is 438 g/mol. The molecule has 1 aromatic heterocycles. The SMILES string of the molecule is CCc1nnsc1C(=O)NC1CCN(CCOc2ccc(Br)cc2)CC1. The lowest BCUT2D eigenvalue weighted by Gasteiger charge is -2.32. The van der Waals surface area contributed by atoms with Crippen LogP contribution < -0.4 is 10.1 Å². The van der Waals surface area contributed by atoms with Gasteiger partial charge in [-0.2, -0.15) is 0 Å². The highest BCUT2D eigenvalue weighted by atomic mass is 79.9. The number of halogens is 1. The molecule has 0 atom stereocenters. The van der Waals surface area contributed by atoms with Crippen molar-refractivity contribution in [3.05, 3.63) is 39.3 Å². The van der Waals surface area contributed by atoms with Gasteiger partial charge in [0.25, 0.3) is 5.91 Å². The molecule has 0 saturated carbocycles. The van der Waals surface area contributed by atoms with E-state index in [4.69, 9.17) is 4.74 Å². The van der Waals surface area contributed by atoms with Crippen LogP contribution >= 0.6 is 27.5 Å². The quantitative estimate of drug-likeness (QED) is 0.718. The zero-order valence-corrected chi connectivity index (χ0v) is 17.2. The summed E-state index contributed by atoms with van der Waals surface area (Å²) in [5.74, 6) is 0.856. The number of rotatable bonds is 7. The Kier molecular flexibility index (Phi) is 6.99. The molecule has 1 N–H and O–H groups in total. The lowest BCUT2D eigenvalue weighted by molar-refractivity contribution is 0.0908. The van der Waals surface area contributed by atoms with E-state index in [0.717, 1.165) is 54.8 Å². The average Bonchev–Trinajstić information content (AvgIpc) is 3.14. The van der Waals surface area contributed by atoms with Crippen LogP contribution in [0.1, 0.15) is 35.1 Å². The van der Waals surface area contributed by atoms with Crippen LogP contribution in [-0.2, 0) is 6.42 Å². The van der Waals surface area contributed by atoms with Crippen LogP contribution in [0.5, 0.6) is 5.75 Å². The molecule has 3 rings (SSSR count). The van der Waals surface area contributed by atoms with Crippen molar-refractivity contribution in [3.63, 3.8) is 0 Å². The highest BCUT2D eigenvalue weighted by molar-refractivity contribution is 9.10. The Morgan fingerprint density at radius 2 is 2.08 bits per heavy atom. The maximum atomic E-state index is 12.4. The third-order valence-corrected chi connectivity index (χ3v) is 5.81. The highest BCUT2D eigenvalue weighted by Crippen LogP contribution is 2.17. The molecule has 0 spiro atoms. The summed E-state index contributed by atoms with van der Waals surface area (Å²) in [7, 11) is 0.